The van der Waals surface area contributed by atoms with Crippen LogP contribution < -0.4 is 5.32 Å². The third kappa shape index (κ3) is 3.93. The summed E-state index contributed by atoms with van der Waals surface area (Å²) >= 11 is 5.99. The number of fused-ring (bicyclic) bond motifs is 1. The number of rotatable bonds is 5. The first kappa shape index (κ1) is 15.7. The molecule has 0 saturated carbocycles. The highest BCUT2D eigenvalue weighted by Crippen LogP contribution is 2.20. The highest BCUT2D eigenvalue weighted by Gasteiger charge is 2.12. The number of para-hydroxylation sites is 1. The van der Waals surface area contributed by atoms with Gasteiger partial charge < -0.3 is 10.2 Å². The molecule has 21 heavy (non-hydrogen) atoms. The van der Waals surface area contributed by atoms with E-state index in [9.17, 15) is 4.79 Å². The molecule has 1 amide bonds. The Morgan fingerprint density at radius 1 is 1.38 bits per heavy atom. The number of carbonyl (C=O) groups excluding carboxylic acids is 1. The zero-order valence-electron chi connectivity index (χ0n) is 12.6. The van der Waals surface area contributed by atoms with Gasteiger partial charge in [0.25, 0.3) is 5.91 Å². The van der Waals surface area contributed by atoms with Crippen LogP contribution in [0.5, 0.6) is 0 Å². The molecule has 0 bridgehead atoms. The van der Waals surface area contributed by atoms with E-state index in [-0.39, 0.29) is 5.91 Å². The van der Waals surface area contributed by atoms with Gasteiger partial charge in [-0.3, -0.25) is 4.79 Å². The number of amides is 1. The van der Waals surface area contributed by atoms with Crippen LogP contribution in [0.2, 0.25) is 5.15 Å². The summed E-state index contributed by atoms with van der Waals surface area (Å²) in [5, 5.41) is 4.08. The minimum Gasteiger partial charge on any atom is -0.351 e. The number of nitrogens with one attached hydrogen (secondary N) is 1. The maximum absolute atomic E-state index is 12.3. The number of halogens is 1. The van der Waals surface area contributed by atoms with E-state index < -0.39 is 0 Å². The van der Waals surface area contributed by atoms with Gasteiger partial charge in [0.1, 0.15) is 5.15 Å². The van der Waals surface area contributed by atoms with Crippen molar-refractivity contribution in [3.05, 3.63) is 41.0 Å². The number of benzene rings is 1. The lowest BCUT2D eigenvalue weighted by atomic mass is 10.1. The molecule has 0 spiro atoms. The van der Waals surface area contributed by atoms with Crippen molar-refractivity contribution in [3.63, 3.8) is 0 Å². The second-order valence-electron chi connectivity index (χ2n) is 5.34. The van der Waals surface area contributed by atoms with Crippen LogP contribution in [0.3, 0.4) is 0 Å². The number of likely N-dealkylation sites (N-methyl/N-ethyl adjacent to an activating group) is 1. The highest BCUT2D eigenvalue weighted by atomic mass is 35.5. The first-order valence-electron chi connectivity index (χ1n) is 7.02. The lowest BCUT2D eigenvalue weighted by molar-refractivity contribution is 0.0949. The predicted molar refractivity (Wildman–Crippen MR) is 86.9 cm³/mol. The summed E-state index contributed by atoms with van der Waals surface area (Å²) in [5.74, 6) is -0.118. The van der Waals surface area contributed by atoms with E-state index in [4.69, 9.17) is 11.6 Å². The third-order valence-electron chi connectivity index (χ3n) is 3.56. The smallest absolute Gasteiger partial charge is 0.252 e. The minimum atomic E-state index is -0.118. The Morgan fingerprint density at radius 2 is 2.10 bits per heavy atom. The molecule has 0 saturated heterocycles. The topological polar surface area (TPSA) is 45.2 Å². The molecule has 0 atom stereocenters. The molecular formula is C16H20ClN3O. The molecule has 1 heterocycles. The number of pyridine rings is 1. The maximum Gasteiger partial charge on any atom is 0.252 e. The van der Waals surface area contributed by atoms with Crippen LogP contribution in [0.25, 0.3) is 10.9 Å². The number of aromatic nitrogens is 1. The van der Waals surface area contributed by atoms with Gasteiger partial charge in [-0.2, -0.15) is 0 Å². The van der Waals surface area contributed by atoms with Crippen LogP contribution in [0.15, 0.2) is 30.3 Å². The van der Waals surface area contributed by atoms with Gasteiger partial charge in [-0.05, 0) is 33.0 Å². The average Bonchev–Trinajstić information content (AvgIpc) is 2.45. The highest BCUT2D eigenvalue weighted by molar-refractivity contribution is 6.30. The molecule has 0 unspecified atom stereocenters. The Morgan fingerprint density at radius 3 is 2.81 bits per heavy atom. The minimum absolute atomic E-state index is 0.118. The Labute approximate surface area is 130 Å². The molecule has 2 rings (SSSR count). The predicted octanol–water partition coefficient (Wildman–Crippen LogP) is 2.96. The summed E-state index contributed by atoms with van der Waals surface area (Å²) in [7, 11) is 2.04. The Hall–Kier alpha value is -1.65. The van der Waals surface area contributed by atoms with Crippen LogP contribution in [-0.4, -0.2) is 42.0 Å². The molecule has 0 aliphatic heterocycles. The van der Waals surface area contributed by atoms with Gasteiger partial charge in [0, 0.05) is 24.5 Å². The van der Waals surface area contributed by atoms with E-state index in [0.717, 1.165) is 17.4 Å². The average molecular weight is 306 g/mol. The van der Waals surface area contributed by atoms with Crippen molar-refractivity contribution in [3.8, 4) is 0 Å². The first-order valence-corrected chi connectivity index (χ1v) is 7.40. The molecule has 0 aliphatic rings. The SMILES string of the molecule is CC(C)N(C)CCNC(=O)c1cc(Cl)nc2ccccc12. The molecule has 0 radical (unpaired) electrons. The molecule has 112 valence electrons. The molecule has 1 aromatic carbocycles. The molecule has 0 fully saturated rings. The van der Waals surface area contributed by atoms with Gasteiger partial charge in [-0.1, -0.05) is 29.8 Å². The van der Waals surface area contributed by atoms with Crippen molar-refractivity contribution in [2.45, 2.75) is 19.9 Å². The molecular weight excluding hydrogens is 286 g/mol. The van der Waals surface area contributed by atoms with Crippen molar-refractivity contribution in [2.24, 2.45) is 0 Å². The van der Waals surface area contributed by atoms with Crippen molar-refractivity contribution >= 4 is 28.4 Å². The Bertz CT molecular complexity index is 642. The zero-order chi connectivity index (χ0) is 15.4. The molecule has 4 nitrogen and oxygen atoms in total. The van der Waals surface area contributed by atoms with Crippen LogP contribution in [-0.2, 0) is 0 Å². The normalized spacial score (nSPS) is 11.3. The molecule has 0 aliphatic carbocycles. The van der Waals surface area contributed by atoms with E-state index in [0.29, 0.717) is 23.3 Å². The second kappa shape index (κ2) is 6.87. The fourth-order valence-corrected chi connectivity index (χ4v) is 2.23. The van der Waals surface area contributed by atoms with Gasteiger partial charge in [-0.15, -0.1) is 0 Å². The van der Waals surface area contributed by atoms with Crippen molar-refractivity contribution < 1.29 is 4.79 Å². The standard InChI is InChI=1S/C16H20ClN3O/c1-11(2)20(3)9-8-18-16(21)13-10-15(17)19-14-7-5-4-6-12(13)14/h4-7,10-11H,8-9H2,1-3H3,(H,18,21). The van der Waals surface area contributed by atoms with E-state index >= 15 is 0 Å². The van der Waals surface area contributed by atoms with Crippen LogP contribution >= 0.6 is 11.6 Å². The van der Waals surface area contributed by atoms with E-state index in [1.807, 2.05) is 31.3 Å². The number of hydrogen-bond donors (Lipinski definition) is 1. The molecule has 1 aromatic heterocycles. The first-order chi connectivity index (χ1) is 9.99. The van der Waals surface area contributed by atoms with Crippen molar-refractivity contribution in [1.29, 1.82) is 0 Å². The van der Waals surface area contributed by atoms with E-state index in [1.54, 1.807) is 6.07 Å². The lowest BCUT2D eigenvalue weighted by Crippen LogP contribution is -2.36. The quantitative estimate of drug-likeness (QED) is 0.864. The van der Waals surface area contributed by atoms with Crippen LogP contribution in [0, 0.1) is 0 Å². The molecule has 5 heteroatoms. The summed E-state index contributed by atoms with van der Waals surface area (Å²) in [6.45, 7) is 5.65. The van der Waals surface area contributed by atoms with Gasteiger partial charge in [0.2, 0.25) is 0 Å². The van der Waals surface area contributed by atoms with Crippen molar-refractivity contribution in [1.82, 2.24) is 15.2 Å². The van der Waals surface area contributed by atoms with E-state index in [1.165, 1.54) is 0 Å². The monoisotopic (exact) mass is 305 g/mol. The number of nitrogens with zero attached hydrogens (tertiary/aromatic N) is 2. The Balaban J connectivity index is 2.12. The fraction of sp³-hybridized carbons (Fsp3) is 0.375. The molecule has 1 N–H and O–H groups in total. The van der Waals surface area contributed by atoms with Crippen LogP contribution in [0.1, 0.15) is 24.2 Å². The largest absolute Gasteiger partial charge is 0.351 e. The Kier molecular flexibility index (Phi) is 5.15. The summed E-state index contributed by atoms with van der Waals surface area (Å²) in [5.41, 5.74) is 1.30. The number of carbonyl (C=O) groups is 1. The van der Waals surface area contributed by atoms with Gasteiger partial charge in [0.15, 0.2) is 0 Å². The third-order valence-corrected chi connectivity index (χ3v) is 3.75. The van der Waals surface area contributed by atoms with Gasteiger partial charge in [0.05, 0.1) is 11.1 Å². The second-order valence-corrected chi connectivity index (χ2v) is 5.73. The fourth-order valence-electron chi connectivity index (χ4n) is 2.03. The maximum atomic E-state index is 12.3. The van der Waals surface area contributed by atoms with Gasteiger partial charge >= 0.3 is 0 Å². The molecule has 2 aromatic rings. The summed E-state index contributed by atoms with van der Waals surface area (Å²) < 4.78 is 0. The zero-order valence-corrected chi connectivity index (χ0v) is 13.3. The summed E-state index contributed by atoms with van der Waals surface area (Å²) in [6.07, 6.45) is 0. The van der Waals surface area contributed by atoms with Gasteiger partial charge in [-0.25, -0.2) is 4.98 Å². The van der Waals surface area contributed by atoms with E-state index in [2.05, 4.69) is 29.0 Å². The van der Waals surface area contributed by atoms with Crippen LogP contribution in [0.4, 0.5) is 0 Å². The lowest BCUT2D eigenvalue weighted by Gasteiger charge is -2.21. The number of hydrogen-bond acceptors (Lipinski definition) is 3. The summed E-state index contributed by atoms with van der Waals surface area (Å²) in [4.78, 5) is 18.8. The van der Waals surface area contributed by atoms with Crippen molar-refractivity contribution in [2.75, 3.05) is 20.1 Å². The summed E-state index contributed by atoms with van der Waals surface area (Å²) in [6, 6.07) is 9.58.